The first-order chi connectivity index (χ1) is 15.7. The molecular formula is C24H26N4O2S2. The molecule has 1 aliphatic heterocycles. The number of hydrogen-bond acceptors (Lipinski definition) is 6. The minimum Gasteiger partial charge on any atom is -0.368 e. The number of nitrogens with one attached hydrogen (secondary N) is 1. The first-order valence-electron chi connectivity index (χ1n) is 10.7. The fourth-order valence-corrected chi connectivity index (χ4v) is 5.25. The number of nitrogens with zero attached hydrogens (tertiary/aromatic N) is 3. The summed E-state index contributed by atoms with van der Waals surface area (Å²) in [6, 6.07) is 17.8. The van der Waals surface area contributed by atoms with E-state index >= 15 is 0 Å². The smallest absolute Gasteiger partial charge is 0.252 e. The second kappa shape index (κ2) is 11.2. The molecule has 8 heteroatoms. The van der Waals surface area contributed by atoms with E-state index in [0.29, 0.717) is 31.6 Å². The van der Waals surface area contributed by atoms with Gasteiger partial charge in [0, 0.05) is 60.9 Å². The third-order valence-electron chi connectivity index (χ3n) is 5.37. The van der Waals surface area contributed by atoms with E-state index in [9.17, 15) is 9.59 Å². The highest BCUT2D eigenvalue weighted by atomic mass is 32.2. The Morgan fingerprint density at radius 3 is 2.50 bits per heavy atom. The summed E-state index contributed by atoms with van der Waals surface area (Å²) < 4.78 is 0. The largest absolute Gasteiger partial charge is 0.368 e. The summed E-state index contributed by atoms with van der Waals surface area (Å²) in [5.41, 5.74) is 4.65. The third kappa shape index (κ3) is 5.89. The van der Waals surface area contributed by atoms with Crippen molar-refractivity contribution in [3.05, 3.63) is 76.7 Å². The quantitative estimate of drug-likeness (QED) is 0.510. The van der Waals surface area contributed by atoms with Gasteiger partial charge < -0.3 is 15.1 Å². The average Bonchev–Trinajstić information content (AvgIpc) is 3.37. The SMILES string of the molecule is O=C(NCCC(=O)N1CCN(c2ccccc2)CC1)c1ccccc1SCc1cscn1. The van der Waals surface area contributed by atoms with Gasteiger partial charge in [-0.2, -0.15) is 0 Å². The van der Waals surface area contributed by atoms with E-state index in [1.165, 1.54) is 5.69 Å². The Labute approximate surface area is 196 Å². The minimum absolute atomic E-state index is 0.0872. The van der Waals surface area contributed by atoms with Crippen molar-refractivity contribution in [2.45, 2.75) is 17.1 Å². The summed E-state index contributed by atoms with van der Waals surface area (Å²) in [7, 11) is 0. The zero-order valence-corrected chi connectivity index (χ0v) is 19.4. The Morgan fingerprint density at radius 2 is 1.75 bits per heavy atom. The zero-order valence-electron chi connectivity index (χ0n) is 17.8. The van der Waals surface area contributed by atoms with Crippen molar-refractivity contribution in [2.75, 3.05) is 37.6 Å². The summed E-state index contributed by atoms with van der Waals surface area (Å²) in [5, 5.41) is 4.93. The number of benzene rings is 2. The number of rotatable bonds is 8. The molecule has 0 spiro atoms. The van der Waals surface area contributed by atoms with E-state index in [0.717, 1.165) is 29.4 Å². The summed E-state index contributed by atoms with van der Waals surface area (Å²) in [4.78, 5) is 34.7. The number of hydrogen-bond donors (Lipinski definition) is 1. The van der Waals surface area contributed by atoms with Gasteiger partial charge in [0.05, 0.1) is 16.8 Å². The van der Waals surface area contributed by atoms with Crippen LogP contribution in [0.2, 0.25) is 0 Å². The predicted molar refractivity (Wildman–Crippen MR) is 130 cm³/mol. The molecule has 2 aromatic carbocycles. The van der Waals surface area contributed by atoms with Gasteiger partial charge in [-0.25, -0.2) is 4.98 Å². The molecule has 32 heavy (non-hydrogen) atoms. The van der Waals surface area contributed by atoms with E-state index in [2.05, 4.69) is 27.3 Å². The normalized spacial score (nSPS) is 13.8. The van der Waals surface area contributed by atoms with Gasteiger partial charge in [-0.3, -0.25) is 9.59 Å². The van der Waals surface area contributed by atoms with Crippen molar-refractivity contribution in [1.29, 1.82) is 0 Å². The monoisotopic (exact) mass is 466 g/mol. The Bertz CT molecular complexity index is 1020. The highest BCUT2D eigenvalue weighted by Gasteiger charge is 2.21. The first kappa shape index (κ1) is 22.4. The topological polar surface area (TPSA) is 65.5 Å². The fourth-order valence-electron chi connectivity index (χ4n) is 3.63. The molecule has 1 aliphatic rings. The first-order valence-corrected chi connectivity index (χ1v) is 12.6. The number of thioether (sulfide) groups is 1. The Morgan fingerprint density at radius 1 is 1.00 bits per heavy atom. The van der Waals surface area contributed by atoms with E-state index in [1.54, 1.807) is 23.1 Å². The molecule has 0 bridgehead atoms. The summed E-state index contributed by atoms with van der Waals surface area (Å²) >= 11 is 3.16. The van der Waals surface area contributed by atoms with Crippen molar-refractivity contribution in [3.63, 3.8) is 0 Å². The minimum atomic E-state index is -0.145. The van der Waals surface area contributed by atoms with Crippen LogP contribution in [0.25, 0.3) is 0 Å². The molecule has 1 fully saturated rings. The van der Waals surface area contributed by atoms with Crippen molar-refractivity contribution < 1.29 is 9.59 Å². The molecule has 1 aromatic heterocycles. The van der Waals surface area contributed by atoms with Gasteiger partial charge >= 0.3 is 0 Å². The van der Waals surface area contributed by atoms with E-state index in [-0.39, 0.29) is 11.8 Å². The van der Waals surface area contributed by atoms with Gasteiger partial charge in [-0.05, 0) is 24.3 Å². The number of para-hydroxylation sites is 1. The number of aromatic nitrogens is 1. The maximum atomic E-state index is 12.7. The van der Waals surface area contributed by atoms with E-state index in [1.807, 2.05) is 58.3 Å². The Hall–Kier alpha value is -2.84. The highest BCUT2D eigenvalue weighted by Crippen LogP contribution is 2.26. The van der Waals surface area contributed by atoms with Gasteiger partial charge in [-0.15, -0.1) is 23.1 Å². The van der Waals surface area contributed by atoms with Crippen LogP contribution in [-0.2, 0) is 10.5 Å². The molecule has 6 nitrogen and oxygen atoms in total. The van der Waals surface area contributed by atoms with Gasteiger partial charge in [0.25, 0.3) is 5.91 Å². The van der Waals surface area contributed by atoms with Crippen molar-refractivity contribution >= 4 is 40.6 Å². The summed E-state index contributed by atoms with van der Waals surface area (Å²) in [6.45, 7) is 3.40. The predicted octanol–water partition coefficient (Wildman–Crippen LogP) is 3.90. The molecule has 166 valence electrons. The number of carbonyl (C=O) groups excluding carboxylic acids is 2. The number of amides is 2. The number of thiazole rings is 1. The lowest BCUT2D eigenvalue weighted by Crippen LogP contribution is -2.49. The van der Waals surface area contributed by atoms with Gasteiger partial charge in [0.1, 0.15) is 0 Å². The van der Waals surface area contributed by atoms with E-state index in [4.69, 9.17) is 0 Å². The highest BCUT2D eigenvalue weighted by molar-refractivity contribution is 7.98. The Balaban J connectivity index is 1.22. The molecule has 2 heterocycles. The summed E-state index contributed by atoms with van der Waals surface area (Å²) in [6.07, 6.45) is 0.311. The second-order valence-corrected chi connectivity index (χ2v) is 9.21. The van der Waals surface area contributed by atoms with Gasteiger partial charge in [0.15, 0.2) is 0 Å². The zero-order chi connectivity index (χ0) is 22.2. The van der Waals surface area contributed by atoms with Crippen LogP contribution in [0.5, 0.6) is 0 Å². The van der Waals surface area contributed by atoms with Crippen LogP contribution in [0.15, 0.2) is 70.4 Å². The molecule has 1 N–H and O–H groups in total. The number of carbonyl (C=O) groups is 2. The average molecular weight is 467 g/mol. The number of piperazine rings is 1. The Kier molecular flexibility index (Phi) is 7.79. The second-order valence-electron chi connectivity index (χ2n) is 7.47. The van der Waals surface area contributed by atoms with Crippen molar-refractivity contribution in [3.8, 4) is 0 Å². The van der Waals surface area contributed by atoms with Crippen molar-refractivity contribution in [1.82, 2.24) is 15.2 Å². The lowest BCUT2D eigenvalue weighted by Gasteiger charge is -2.36. The van der Waals surface area contributed by atoms with Gasteiger partial charge in [0.2, 0.25) is 5.91 Å². The van der Waals surface area contributed by atoms with Crippen LogP contribution >= 0.6 is 23.1 Å². The third-order valence-corrected chi connectivity index (χ3v) is 7.11. The van der Waals surface area contributed by atoms with Crippen LogP contribution in [0.3, 0.4) is 0 Å². The fraction of sp³-hybridized carbons (Fsp3) is 0.292. The molecule has 2 amide bonds. The molecule has 0 aliphatic carbocycles. The van der Waals surface area contributed by atoms with E-state index < -0.39 is 0 Å². The molecule has 0 saturated carbocycles. The van der Waals surface area contributed by atoms with Crippen LogP contribution < -0.4 is 10.2 Å². The molecule has 0 unspecified atom stereocenters. The van der Waals surface area contributed by atoms with Gasteiger partial charge in [-0.1, -0.05) is 30.3 Å². The molecule has 1 saturated heterocycles. The summed E-state index contributed by atoms with van der Waals surface area (Å²) in [5.74, 6) is 0.665. The van der Waals surface area contributed by atoms with Crippen LogP contribution in [0.4, 0.5) is 5.69 Å². The lowest BCUT2D eigenvalue weighted by atomic mass is 10.2. The standard InChI is InChI=1S/C24H26N4O2S2/c29-23(28-14-12-27(13-15-28)20-6-2-1-3-7-20)10-11-25-24(30)21-8-4-5-9-22(21)32-17-19-16-31-18-26-19/h1-9,16,18H,10-15,17H2,(H,25,30). The van der Waals surface area contributed by atoms with Crippen LogP contribution in [0.1, 0.15) is 22.5 Å². The molecule has 0 atom stereocenters. The molecular weight excluding hydrogens is 440 g/mol. The van der Waals surface area contributed by atoms with Crippen LogP contribution in [-0.4, -0.2) is 54.4 Å². The van der Waals surface area contributed by atoms with Crippen molar-refractivity contribution in [2.24, 2.45) is 0 Å². The maximum Gasteiger partial charge on any atom is 0.252 e. The van der Waals surface area contributed by atoms with Crippen LogP contribution in [0, 0.1) is 0 Å². The maximum absolute atomic E-state index is 12.7. The molecule has 3 aromatic rings. The molecule has 0 radical (unpaired) electrons. The number of anilines is 1. The lowest BCUT2D eigenvalue weighted by molar-refractivity contribution is -0.131. The molecule has 4 rings (SSSR count).